The van der Waals surface area contributed by atoms with Gasteiger partial charge in [0.2, 0.25) is 0 Å². The van der Waals surface area contributed by atoms with Crippen LogP contribution in [0.5, 0.6) is 0 Å². The summed E-state index contributed by atoms with van der Waals surface area (Å²) < 4.78 is 8.52. The number of imidazole rings is 1. The molecule has 6 heteroatoms. The zero-order chi connectivity index (χ0) is 16.1. The highest BCUT2D eigenvalue weighted by molar-refractivity contribution is 7.23. The first kappa shape index (κ1) is 14.7. The molecule has 0 aliphatic carbocycles. The molecule has 3 aromatic heterocycles. The highest BCUT2D eigenvalue weighted by Gasteiger charge is 2.14. The third-order valence-electron chi connectivity index (χ3n) is 3.97. The minimum Gasteiger partial charge on any atom is -0.398 e. The van der Waals surface area contributed by atoms with Gasteiger partial charge >= 0.3 is 0 Å². The molecule has 23 heavy (non-hydrogen) atoms. The molecule has 2 N–H and O–H groups in total. The molecule has 118 valence electrons. The number of nitrogens with two attached hydrogens (primary N) is 1. The standard InChI is InChI=1S/C17H17N3OS2/c1-9-4-12(10(2)22-9)14-7-20-15-6-13(18)11(8-21-3)5-16(15)23-17(20)19-14/h4-7H,8,18H2,1-3H3. The fourth-order valence-corrected chi connectivity index (χ4v) is 4.88. The van der Waals surface area contributed by atoms with E-state index in [2.05, 4.69) is 36.6 Å². The normalized spacial score (nSPS) is 11.8. The molecule has 4 rings (SSSR count). The first-order valence-electron chi connectivity index (χ1n) is 7.33. The smallest absolute Gasteiger partial charge is 0.195 e. The second-order valence-electron chi connectivity index (χ2n) is 5.66. The number of ether oxygens (including phenoxy) is 1. The summed E-state index contributed by atoms with van der Waals surface area (Å²) in [6.45, 7) is 4.81. The van der Waals surface area contributed by atoms with E-state index in [0.29, 0.717) is 6.61 Å². The van der Waals surface area contributed by atoms with Crippen LogP contribution >= 0.6 is 22.7 Å². The molecule has 0 aliphatic rings. The molecule has 1 aromatic carbocycles. The maximum atomic E-state index is 6.16. The number of rotatable bonds is 3. The van der Waals surface area contributed by atoms with Gasteiger partial charge in [-0.2, -0.15) is 0 Å². The van der Waals surface area contributed by atoms with Gasteiger partial charge in [-0.15, -0.1) is 11.3 Å². The summed E-state index contributed by atoms with van der Waals surface area (Å²) in [4.78, 5) is 8.43. The van der Waals surface area contributed by atoms with Crippen LogP contribution in [0.2, 0.25) is 0 Å². The summed E-state index contributed by atoms with van der Waals surface area (Å²) in [6.07, 6.45) is 2.11. The molecule has 0 fully saturated rings. The Morgan fingerprint density at radius 1 is 1.22 bits per heavy atom. The third kappa shape index (κ3) is 2.34. The molecule has 0 amide bonds. The fourth-order valence-electron chi connectivity index (χ4n) is 2.90. The number of fused-ring (bicyclic) bond motifs is 3. The van der Waals surface area contributed by atoms with Gasteiger partial charge in [0.25, 0.3) is 0 Å². The van der Waals surface area contributed by atoms with Crippen molar-refractivity contribution in [2.75, 3.05) is 12.8 Å². The number of benzene rings is 1. The number of aromatic nitrogens is 2. The highest BCUT2D eigenvalue weighted by Crippen LogP contribution is 2.35. The van der Waals surface area contributed by atoms with Crippen LogP contribution in [-0.2, 0) is 11.3 Å². The van der Waals surface area contributed by atoms with Crippen LogP contribution in [0.1, 0.15) is 15.3 Å². The van der Waals surface area contributed by atoms with Crippen molar-refractivity contribution in [3.05, 3.63) is 39.7 Å². The van der Waals surface area contributed by atoms with Gasteiger partial charge < -0.3 is 10.5 Å². The molecule has 0 spiro atoms. The molecule has 4 nitrogen and oxygen atoms in total. The first-order valence-corrected chi connectivity index (χ1v) is 8.96. The van der Waals surface area contributed by atoms with Crippen molar-refractivity contribution >= 4 is 43.5 Å². The van der Waals surface area contributed by atoms with E-state index in [-0.39, 0.29) is 0 Å². The Bertz CT molecular complexity index is 1030. The van der Waals surface area contributed by atoms with E-state index in [1.807, 2.05) is 17.4 Å². The first-order chi connectivity index (χ1) is 11.1. The van der Waals surface area contributed by atoms with Crippen LogP contribution in [0.4, 0.5) is 5.69 Å². The number of methoxy groups -OCH3 is 1. The van der Waals surface area contributed by atoms with E-state index < -0.39 is 0 Å². The average Bonchev–Trinajstić information content (AvgIpc) is 3.13. The second kappa shape index (κ2) is 5.33. The Morgan fingerprint density at radius 2 is 2.04 bits per heavy atom. The molecule has 0 unspecified atom stereocenters. The summed E-state index contributed by atoms with van der Waals surface area (Å²) >= 11 is 3.49. The molecule has 0 saturated heterocycles. The molecule has 0 radical (unpaired) electrons. The summed E-state index contributed by atoms with van der Waals surface area (Å²) in [5.41, 5.74) is 11.3. The predicted octanol–water partition coefficient (Wildman–Crippen LogP) is 4.62. The minimum absolute atomic E-state index is 0.528. The number of nitrogen functional groups attached to an aromatic ring is 1. The van der Waals surface area contributed by atoms with Gasteiger partial charge in [-0.05, 0) is 32.0 Å². The second-order valence-corrected chi connectivity index (χ2v) is 8.13. The average molecular weight is 343 g/mol. The monoisotopic (exact) mass is 343 g/mol. The van der Waals surface area contributed by atoms with E-state index >= 15 is 0 Å². The summed E-state index contributed by atoms with van der Waals surface area (Å²) in [5.74, 6) is 0. The predicted molar refractivity (Wildman–Crippen MR) is 98.5 cm³/mol. The van der Waals surface area contributed by atoms with Gasteiger partial charge in [-0.3, -0.25) is 4.40 Å². The van der Waals surface area contributed by atoms with E-state index in [9.17, 15) is 0 Å². The fraction of sp³-hybridized carbons (Fsp3) is 0.235. The van der Waals surface area contributed by atoms with E-state index in [1.165, 1.54) is 20.0 Å². The van der Waals surface area contributed by atoms with Crippen molar-refractivity contribution in [2.24, 2.45) is 0 Å². The Kier molecular flexibility index (Phi) is 3.41. The van der Waals surface area contributed by atoms with Gasteiger partial charge in [0.1, 0.15) is 0 Å². The Labute approximate surface area is 142 Å². The maximum Gasteiger partial charge on any atom is 0.195 e. The van der Waals surface area contributed by atoms with E-state index in [4.69, 9.17) is 15.5 Å². The summed E-state index contributed by atoms with van der Waals surface area (Å²) in [5, 5.41) is 0. The van der Waals surface area contributed by atoms with E-state index in [0.717, 1.165) is 27.4 Å². The third-order valence-corrected chi connectivity index (χ3v) is 5.96. The van der Waals surface area contributed by atoms with Crippen molar-refractivity contribution < 1.29 is 4.74 Å². The lowest BCUT2D eigenvalue weighted by molar-refractivity contribution is 0.185. The van der Waals surface area contributed by atoms with Crippen LogP contribution in [0.15, 0.2) is 24.4 Å². The largest absolute Gasteiger partial charge is 0.398 e. The lowest BCUT2D eigenvalue weighted by Crippen LogP contribution is -1.96. The zero-order valence-corrected chi connectivity index (χ0v) is 14.8. The van der Waals surface area contributed by atoms with Crippen molar-refractivity contribution in [1.29, 1.82) is 0 Å². The summed E-state index contributed by atoms with van der Waals surface area (Å²) in [6, 6.07) is 6.33. The Balaban J connectivity index is 1.90. The van der Waals surface area contributed by atoms with Crippen LogP contribution in [0.25, 0.3) is 26.4 Å². The lowest BCUT2D eigenvalue weighted by Gasteiger charge is -2.04. The number of anilines is 1. The maximum absolute atomic E-state index is 6.16. The highest BCUT2D eigenvalue weighted by atomic mass is 32.1. The van der Waals surface area contributed by atoms with Crippen LogP contribution in [-0.4, -0.2) is 16.5 Å². The minimum atomic E-state index is 0.528. The van der Waals surface area contributed by atoms with Crippen LogP contribution in [0, 0.1) is 13.8 Å². The van der Waals surface area contributed by atoms with E-state index in [1.54, 1.807) is 18.4 Å². The van der Waals surface area contributed by atoms with Crippen molar-refractivity contribution in [2.45, 2.75) is 20.5 Å². The zero-order valence-electron chi connectivity index (χ0n) is 13.2. The number of hydrogen-bond acceptors (Lipinski definition) is 5. The molecule has 0 aliphatic heterocycles. The molecule has 0 atom stereocenters. The molecular weight excluding hydrogens is 326 g/mol. The topological polar surface area (TPSA) is 52.5 Å². The number of hydrogen-bond donors (Lipinski definition) is 1. The molecule has 3 heterocycles. The van der Waals surface area contributed by atoms with Crippen molar-refractivity contribution in [3.63, 3.8) is 0 Å². The van der Waals surface area contributed by atoms with Crippen LogP contribution < -0.4 is 5.73 Å². The number of nitrogens with zero attached hydrogens (tertiary/aromatic N) is 2. The Morgan fingerprint density at radius 3 is 2.74 bits per heavy atom. The molecule has 0 saturated carbocycles. The van der Waals surface area contributed by atoms with Gasteiger partial charge in [0, 0.05) is 39.9 Å². The molecule has 0 bridgehead atoms. The number of thiazole rings is 1. The lowest BCUT2D eigenvalue weighted by atomic mass is 10.2. The van der Waals surface area contributed by atoms with Gasteiger partial charge in [0.05, 0.1) is 22.5 Å². The van der Waals surface area contributed by atoms with Gasteiger partial charge in [-0.1, -0.05) is 11.3 Å². The van der Waals surface area contributed by atoms with Gasteiger partial charge in [0.15, 0.2) is 4.96 Å². The quantitative estimate of drug-likeness (QED) is 0.552. The van der Waals surface area contributed by atoms with Crippen molar-refractivity contribution in [1.82, 2.24) is 9.38 Å². The number of aryl methyl sites for hydroxylation is 2. The Hall–Kier alpha value is -1.89. The summed E-state index contributed by atoms with van der Waals surface area (Å²) in [7, 11) is 1.68. The molecule has 4 aromatic rings. The van der Waals surface area contributed by atoms with Gasteiger partial charge in [-0.25, -0.2) is 4.98 Å². The molecular formula is C17H17N3OS2. The number of thiophene rings is 1. The van der Waals surface area contributed by atoms with Crippen molar-refractivity contribution in [3.8, 4) is 11.3 Å². The van der Waals surface area contributed by atoms with Crippen LogP contribution in [0.3, 0.4) is 0 Å². The SMILES string of the molecule is COCc1cc2sc3nc(-c4cc(C)sc4C)cn3c2cc1N.